The molecule has 1 atom stereocenters. The second-order valence-electron chi connectivity index (χ2n) is 4.87. The highest BCUT2D eigenvalue weighted by molar-refractivity contribution is 6.30. The van der Waals surface area contributed by atoms with Gasteiger partial charge in [0, 0.05) is 12.1 Å². The molecule has 0 aromatic carbocycles. The Bertz CT molecular complexity index is 393. The molecule has 2 rings (SSSR count). The van der Waals surface area contributed by atoms with Gasteiger partial charge in [0.25, 0.3) is 0 Å². The Labute approximate surface area is 106 Å². The number of aromatic nitrogens is 2. The molecule has 1 aromatic rings. The topological polar surface area (TPSA) is 58.0 Å². The molecule has 94 valence electrons. The summed E-state index contributed by atoms with van der Waals surface area (Å²) in [6, 6.07) is 0. The van der Waals surface area contributed by atoms with Crippen molar-refractivity contribution in [2.75, 3.05) is 11.9 Å². The number of nitrogens with zero attached hydrogens (tertiary/aromatic N) is 2. The lowest BCUT2D eigenvalue weighted by Gasteiger charge is -2.16. The van der Waals surface area contributed by atoms with Crippen LogP contribution in [0.3, 0.4) is 0 Å². The van der Waals surface area contributed by atoms with E-state index in [0.29, 0.717) is 17.6 Å². The Kier molecular flexibility index (Phi) is 3.84. The van der Waals surface area contributed by atoms with Crippen LogP contribution >= 0.6 is 11.6 Å². The van der Waals surface area contributed by atoms with Gasteiger partial charge < -0.3 is 10.4 Å². The van der Waals surface area contributed by atoms with Crippen LogP contribution in [-0.2, 0) is 0 Å². The highest BCUT2D eigenvalue weighted by atomic mass is 35.5. The van der Waals surface area contributed by atoms with Crippen molar-refractivity contribution in [1.29, 1.82) is 0 Å². The van der Waals surface area contributed by atoms with E-state index in [1.165, 1.54) is 6.33 Å². The van der Waals surface area contributed by atoms with Crippen LogP contribution in [-0.4, -0.2) is 27.7 Å². The van der Waals surface area contributed by atoms with E-state index in [4.69, 9.17) is 11.6 Å². The lowest BCUT2D eigenvalue weighted by atomic mass is 10.1. The molecule has 2 N–H and O–H groups in total. The molecule has 0 bridgehead atoms. The molecule has 0 aliphatic heterocycles. The Morgan fingerprint density at radius 2 is 2.18 bits per heavy atom. The average molecular weight is 256 g/mol. The summed E-state index contributed by atoms with van der Waals surface area (Å²) >= 11 is 6.06. The summed E-state index contributed by atoms with van der Waals surface area (Å²) in [5.41, 5.74) is 0.914. The standard InChI is InChI=1S/C12H18ClN3O/c1-7(2)10-11(13)15-6-16-12(10)14-5-9(17)8-3-4-8/h6-9,17H,3-5H2,1-2H3,(H,14,15,16). The van der Waals surface area contributed by atoms with E-state index in [2.05, 4.69) is 15.3 Å². The maximum atomic E-state index is 9.81. The fraction of sp³-hybridized carbons (Fsp3) is 0.667. The van der Waals surface area contributed by atoms with Crippen molar-refractivity contribution in [2.45, 2.75) is 38.7 Å². The number of rotatable bonds is 5. The van der Waals surface area contributed by atoms with Gasteiger partial charge in [-0.05, 0) is 24.7 Å². The largest absolute Gasteiger partial charge is 0.391 e. The molecule has 1 aliphatic carbocycles. The van der Waals surface area contributed by atoms with E-state index in [9.17, 15) is 5.11 Å². The van der Waals surface area contributed by atoms with Crippen molar-refractivity contribution in [1.82, 2.24) is 9.97 Å². The van der Waals surface area contributed by atoms with Crippen LogP contribution in [0.4, 0.5) is 5.82 Å². The first-order valence-electron chi connectivity index (χ1n) is 6.02. The summed E-state index contributed by atoms with van der Waals surface area (Å²) < 4.78 is 0. The van der Waals surface area contributed by atoms with Gasteiger partial charge in [-0.25, -0.2) is 9.97 Å². The van der Waals surface area contributed by atoms with Crippen molar-refractivity contribution in [3.05, 3.63) is 17.0 Å². The van der Waals surface area contributed by atoms with Crippen molar-refractivity contribution < 1.29 is 5.11 Å². The molecule has 0 radical (unpaired) electrons. The second-order valence-corrected chi connectivity index (χ2v) is 5.23. The smallest absolute Gasteiger partial charge is 0.138 e. The molecule has 0 amide bonds. The zero-order chi connectivity index (χ0) is 12.4. The van der Waals surface area contributed by atoms with Gasteiger partial charge in [0.1, 0.15) is 17.3 Å². The van der Waals surface area contributed by atoms with Crippen LogP contribution < -0.4 is 5.32 Å². The first kappa shape index (κ1) is 12.6. The van der Waals surface area contributed by atoms with E-state index >= 15 is 0 Å². The van der Waals surface area contributed by atoms with Gasteiger partial charge in [-0.1, -0.05) is 25.4 Å². The number of hydrogen-bond donors (Lipinski definition) is 2. The first-order chi connectivity index (χ1) is 8.09. The molecule has 17 heavy (non-hydrogen) atoms. The molecule has 1 unspecified atom stereocenters. The first-order valence-corrected chi connectivity index (χ1v) is 6.39. The average Bonchev–Trinajstić information content (AvgIpc) is 3.08. The number of aliphatic hydroxyl groups is 1. The minimum absolute atomic E-state index is 0.254. The van der Waals surface area contributed by atoms with E-state index in [1.54, 1.807) is 0 Å². The normalized spacial score (nSPS) is 17.2. The number of aliphatic hydroxyl groups excluding tert-OH is 1. The third-order valence-electron chi connectivity index (χ3n) is 3.06. The predicted octanol–water partition coefficient (Wildman–Crippen LogP) is 2.44. The van der Waals surface area contributed by atoms with E-state index < -0.39 is 0 Å². The van der Waals surface area contributed by atoms with E-state index in [-0.39, 0.29) is 12.0 Å². The van der Waals surface area contributed by atoms with Crippen LogP contribution in [0.5, 0.6) is 0 Å². The third-order valence-corrected chi connectivity index (χ3v) is 3.36. The van der Waals surface area contributed by atoms with Gasteiger partial charge in [-0.15, -0.1) is 0 Å². The lowest BCUT2D eigenvalue weighted by Crippen LogP contribution is -2.22. The molecule has 0 spiro atoms. The monoisotopic (exact) mass is 255 g/mol. The molecule has 1 aromatic heterocycles. The van der Waals surface area contributed by atoms with Crippen LogP contribution in [0.25, 0.3) is 0 Å². The molecular formula is C12H18ClN3O. The van der Waals surface area contributed by atoms with Gasteiger partial charge >= 0.3 is 0 Å². The van der Waals surface area contributed by atoms with Crippen LogP contribution in [0.1, 0.15) is 38.2 Å². The van der Waals surface area contributed by atoms with Crippen LogP contribution in [0.2, 0.25) is 5.15 Å². The van der Waals surface area contributed by atoms with Crippen LogP contribution in [0.15, 0.2) is 6.33 Å². The molecule has 5 heteroatoms. The fourth-order valence-corrected chi connectivity index (χ4v) is 2.23. The molecule has 1 heterocycles. The molecule has 4 nitrogen and oxygen atoms in total. The molecule has 1 saturated carbocycles. The van der Waals surface area contributed by atoms with E-state index in [0.717, 1.165) is 24.2 Å². The fourth-order valence-electron chi connectivity index (χ4n) is 1.88. The van der Waals surface area contributed by atoms with Gasteiger partial charge in [0.05, 0.1) is 6.10 Å². The van der Waals surface area contributed by atoms with Crippen molar-refractivity contribution >= 4 is 17.4 Å². The summed E-state index contributed by atoms with van der Waals surface area (Å²) in [6.07, 6.45) is 3.42. The summed E-state index contributed by atoms with van der Waals surface area (Å²) in [5, 5.41) is 13.5. The molecular weight excluding hydrogens is 238 g/mol. The Balaban J connectivity index is 2.06. The number of nitrogens with one attached hydrogen (secondary N) is 1. The van der Waals surface area contributed by atoms with Gasteiger partial charge in [0.2, 0.25) is 0 Å². The van der Waals surface area contributed by atoms with Gasteiger partial charge in [-0.2, -0.15) is 0 Å². The highest BCUT2D eigenvalue weighted by Gasteiger charge is 2.29. The quantitative estimate of drug-likeness (QED) is 0.794. The summed E-state index contributed by atoms with van der Waals surface area (Å²) in [6.45, 7) is 4.62. The highest BCUT2D eigenvalue weighted by Crippen LogP contribution is 2.33. The summed E-state index contributed by atoms with van der Waals surface area (Å²) in [4.78, 5) is 8.18. The third kappa shape index (κ3) is 3.07. The van der Waals surface area contributed by atoms with Gasteiger partial charge in [-0.3, -0.25) is 0 Å². The zero-order valence-electron chi connectivity index (χ0n) is 10.2. The van der Waals surface area contributed by atoms with Gasteiger partial charge in [0.15, 0.2) is 0 Å². The summed E-state index contributed by atoms with van der Waals surface area (Å²) in [7, 11) is 0. The van der Waals surface area contributed by atoms with E-state index in [1.807, 2.05) is 13.8 Å². The van der Waals surface area contributed by atoms with Crippen molar-refractivity contribution in [3.63, 3.8) is 0 Å². The Morgan fingerprint density at radius 1 is 1.47 bits per heavy atom. The molecule has 1 aliphatic rings. The van der Waals surface area contributed by atoms with Crippen molar-refractivity contribution in [2.24, 2.45) is 5.92 Å². The molecule has 0 saturated heterocycles. The number of halogens is 1. The Morgan fingerprint density at radius 3 is 2.76 bits per heavy atom. The van der Waals surface area contributed by atoms with Crippen molar-refractivity contribution in [3.8, 4) is 0 Å². The maximum absolute atomic E-state index is 9.81. The minimum atomic E-state index is -0.288. The second kappa shape index (κ2) is 5.19. The lowest BCUT2D eigenvalue weighted by molar-refractivity contribution is 0.164. The zero-order valence-corrected chi connectivity index (χ0v) is 10.9. The van der Waals surface area contributed by atoms with Crippen LogP contribution in [0, 0.1) is 5.92 Å². The SMILES string of the molecule is CC(C)c1c(Cl)ncnc1NCC(O)C1CC1. The summed E-state index contributed by atoms with van der Waals surface area (Å²) in [5.74, 6) is 1.45. The minimum Gasteiger partial charge on any atom is -0.391 e. The predicted molar refractivity (Wildman–Crippen MR) is 68.4 cm³/mol. The number of anilines is 1. The molecule has 1 fully saturated rings. The number of hydrogen-bond acceptors (Lipinski definition) is 4. The Hall–Kier alpha value is -0.870. The maximum Gasteiger partial charge on any atom is 0.138 e.